The smallest absolute Gasteiger partial charge is 0.328 e. The average molecular weight is 307 g/mol. The highest BCUT2D eigenvalue weighted by Gasteiger charge is 2.55. The molecule has 0 aliphatic heterocycles. The molecule has 0 unspecified atom stereocenters. The average Bonchev–Trinajstić information content (AvgIpc) is 2.49. The molecule has 4 fully saturated rings. The summed E-state index contributed by atoms with van der Waals surface area (Å²) >= 11 is 0. The lowest BCUT2D eigenvalue weighted by atomic mass is 9.49. The van der Waals surface area contributed by atoms with Crippen molar-refractivity contribution in [3.05, 3.63) is 0 Å². The van der Waals surface area contributed by atoms with Crippen molar-refractivity contribution >= 4 is 11.9 Å². The van der Waals surface area contributed by atoms with Gasteiger partial charge in [-0.05, 0) is 62.2 Å². The standard InChI is InChI=1S/C18H29NO3/c1-4-11(2)15(16(20)22-3)19-17(21)18-8-12-5-13(9-18)7-14(6-12)10-18/h11-15H,4-10H2,1-3H3,(H,19,21)/t11-,12?,13?,14?,15+,18?/m1/s1. The zero-order valence-corrected chi connectivity index (χ0v) is 14.1. The lowest BCUT2D eigenvalue weighted by Crippen LogP contribution is -2.57. The third-order valence-corrected chi connectivity index (χ3v) is 6.47. The normalized spacial score (nSPS) is 38.4. The largest absolute Gasteiger partial charge is 0.467 e. The number of ether oxygens (including phenoxy) is 1. The maximum Gasteiger partial charge on any atom is 0.328 e. The summed E-state index contributed by atoms with van der Waals surface area (Å²) in [6, 6.07) is -0.504. The van der Waals surface area contributed by atoms with Crippen LogP contribution in [0.25, 0.3) is 0 Å². The number of carbonyl (C=O) groups excluding carboxylic acids is 2. The van der Waals surface area contributed by atoms with Crippen molar-refractivity contribution in [3.63, 3.8) is 0 Å². The Bertz CT molecular complexity index is 424. The lowest BCUT2D eigenvalue weighted by Gasteiger charge is -2.55. The molecule has 22 heavy (non-hydrogen) atoms. The van der Waals surface area contributed by atoms with Crippen LogP contribution in [0.2, 0.25) is 0 Å². The van der Waals surface area contributed by atoms with Gasteiger partial charge in [0.1, 0.15) is 6.04 Å². The van der Waals surface area contributed by atoms with E-state index in [-0.39, 0.29) is 23.2 Å². The summed E-state index contributed by atoms with van der Waals surface area (Å²) in [5, 5.41) is 3.06. The zero-order chi connectivity index (χ0) is 15.9. The summed E-state index contributed by atoms with van der Waals surface area (Å²) in [4.78, 5) is 25.1. The van der Waals surface area contributed by atoms with Crippen LogP contribution in [0, 0.1) is 29.1 Å². The molecular weight excluding hydrogens is 278 g/mol. The Morgan fingerprint density at radius 1 is 1.14 bits per heavy atom. The second-order valence-electron chi connectivity index (χ2n) is 8.06. The third kappa shape index (κ3) is 2.65. The van der Waals surface area contributed by atoms with Gasteiger partial charge in [-0.25, -0.2) is 4.79 Å². The molecule has 0 aromatic heterocycles. The van der Waals surface area contributed by atoms with Gasteiger partial charge in [0, 0.05) is 5.41 Å². The molecule has 4 heteroatoms. The Morgan fingerprint density at radius 2 is 1.64 bits per heavy atom. The van der Waals surface area contributed by atoms with Crippen LogP contribution in [0.4, 0.5) is 0 Å². The number of methoxy groups -OCH3 is 1. The second kappa shape index (κ2) is 5.86. The van der Waals surface area contributed by atoms with Crippen LogP contribution < -0.4 is 5.32 Å². The first-order valence-electron chi connectivity index (χ1n) is 8.86. The molecule has 0 saturated heterocycles. The minimum atomic E-state index is -0.504. The minimum absolute atomic E-state index is 0.102. The molecule has 1 N–H and O–H groups in total. The summed E-state index contributed by atoms with van der Waals surface area (Å²) < 4.78 is 4.90. The summed E-state index contributed by atoms with van der Waals surface area (Å²) in [5.41, 5.74) is -0.200. The predicted octanol–water partition coefficient (Wildman–Crippen LogP) is 2.91. The Hall–Kier alpha value is -1.06. The summed E-state index contributed by atoms with van der Waals surface area (Å²) in [6.07, 6.45) is 7.88. The van der Waals surface area contributed by atoms with Crippen molar-refractivity contribution < 1.29 is 14.3 Å². The van der Waals surface area contributed by atoms with Crippen LogP contribution >= 0.6 is 0 Å². The molecule has 4 nitrogen and oxygen atoms in total. The quantitative estimate of drug-likeness (QED) is 0.795. The summed E-state index contributed by atoms with van der Waals surface area (Å²) in [7, 11) is 1.40. The highest BCUT2D eigenvalue weighted by molar-refractivity contribution is 5.88. The highest BCUT2D eigenvalue weighted by atomic mass is 16.5. The van der Waals surface area contributed by atoms with Gasteiger partial charge >= 0.3 is 5.97 Å². The maximum atomic E-state index is 13.0. The molecule has 0 aromatic carbocycles. The number of hydrogen-bond acceptors (Lipinski definition) is 3. The van der Waals surface area contributed by atoms with Crippen LogP contribution in [0.5, 0.6) is 0 Å². The van der Waals surface area contributed by atoms with E-state index in [1.54, 1.807) is 0 Å². The van der Waals surface area contributed by atoms with Crippen molar-refractivity contribution in [2.75, 3.05) is 7.11 Å². The topological polar surface area (TPSA) is 55.4 Å². The first-order valence-corrected chi connectivity index (χ1v) is 8.86. The lowest BCUT2D eigenvalue weighted by molar-refractivity contribution is -0.154. The number of rotatable bonds is 5. The monoisotopic (exact) mass is 307 g/mol. The molecule has 0 spiro atoms. The second-order valence-corrected chi connectivity index (χ2v) is 8.06. The predicted molar refractivity (Wildman–Crippen MR) is 84.0 cm³/mol. The van der Waals surface area contributed by atoms with E-state index in [9.17, 15) is 9.59 Å². The van der Waals surface area contributed by atoms with Gasteiger partial charge in [-0.2, -0.15) is 0 Å². The number of esters is 1. The fourth-order valence-electron chi connectivity index (χ4n) is 5.48. The molecule has 2 atom stereocenters. The first kappa shape index (κ1) is 15.8. The van der Waals surface area contributed by atoms with Crippen molar-refractivity contribution in [3.8, 4) is 0 Å². The van der Waals surface area contributed by atoms with Crippen molar-refractivity contribution in [1.29, 1.82) is 0 Å². The third-order valence-electron chi connectivity index (χ3n) is 6.47. The van der Waals surface area contributed by atoms with E-state index in [4.69, 9.17) is 4.74 Å². The van der Waals surface area contributed by atoms with Gasteiger partial charge < -0.3 is 10.1 Å². The summed E-state index contributed by atoms with van der Waals surface area (Å²) in [5.74, 6) is 2.10. The molecule has 0 heterocycles. The molecule has 4 bridgehead atoms. The van der Waals surface area contributed by atoms with Crippen molar-refractivity contribution in [2.24, 2.45) is 29.1 Å². The Morgan fingerprint density at radius 3 is 2.05 bits per heavy atom. The molecule has 4 aliphatic rings. The SMILES string of the molecule is CC[C@@H](C)[C@H](NC(=O)C12CC3CC(CC(C3)C1)C2)C(=O)OC. The molecule has 1 amide bonds. The van der Waals surface area contributed by atoms with Crippen molar-refractivity contribution in [2.45, 2.75) is 64.8 Å². The zero-order valence-electron chi connectivity index (χ0n) is 14.1. The van der Waals surface area contributed by atoms with Gasteiger partial charge in [0.2, 0.25) is 5.91 Å². The van der Waals surface area contributed by atoms with E-state index in [0.717, 1.165) is 43.4 Å². The molecule has 0 radical (unpaired) electrons. The van der Waals surface area contributed by atoms with E-state index in [2.05, 4.69) is 5.32 Å². The van der Waals surface area contributed by atoms with E-state index in [0.29, 0.717) is 0 Å². The van der Waals surface area contributed by atoms with Gasteiger partial charge in [-0.3, -0.25) is 4.79 Å². The Labute approximate surface area is 133 Å². The van der Waals surface area contributed by atoms with Crippen LogP contribution in [-0.2, 0) is 14.3 Å². The van der Waals surface area contributed by atoms with E-state index < -0.39 is 6.04 Å². The van der Waals surface area contributed by atoms with Gasteiger partial charge in [-0.1, -0.05) is 20.3 Å². The fourth-order valence-corrected chi connectivity index (χ4v) is 5.48. The molecule has 4 saturated carbocycles. The van der Waals surface area contributed by atoms with E-state index >= 15 is 0 Å². The fraction of sp³-hybridized carbons (Fsp3) is 0.889. The summed E-state index contributed by atoms with van der Waals surface area (Å²) in [6.45, 7) is 4.04. The van der Waals surface area contributed by atoms with E-state index in [1.807, 2.05) is 13.8 Å². The number of nitrogens with one attached hydrogen (secondary N) is 1. The molecule has 4 aliphatic carbocycles. The van der Waals surface area contributed by atoms with Crippen LogP contribution in [-0.4, -0.2) is 25.0 Å². The number of hydrogen-bond donors (Lipinski definition) is 1. The number of amides is 1. The van der Waals surface area contributed by atoms with Crippen molar-refractivity contribution in [1.82, 2.24) is 5.32 Å². The maximum absolute atomic E-state index is 13.0. The highest BCUT2D eigenvalue weighted by Crippen LogP contribution is 2.60. The molecule has 4 rings (SSSR count). The Balaban J connectivity index is 1.74. The molecule has 0 aromatic rings. The minimum Gasteiger partial charge on any atom is -0.467 e. The first-order chi connectivity index (χ1) is 10.5. The van der Waals surface area contributed by atoms with Crippen LogP contribution in [0.3, 0.4) is 0 Å². The van der Waals surface area contributed by atoms with Gasteiger partial charge in [0.25, 0.3) is 0 Å². The van der Waals surface area contributed by atoms with Crippen LogP contribution in [0.15, 0.2) is 0 Å². The van der Waals surface area contributed by atoms with Gasteiger partial charge in [-0.15, -0.1) is 0 Å². The molecule has 124 valence electrons. The number of carbonyl (C=O) groups is 2. The van der Waals surface area contributed by atoms with Gasteiger partial charge in [0.15, 0.2) is 0 Å². The van der Waals surface area contributed by atoms with Gasteiger partial charge in [0.05, 0.1) is 7.11 Å². The van der Waals surface area contributed by atoms with E-state index in [1.165, 1.54) is 26.4 Å². The molecular formula is C18H29NO3. The van der Waals surface area contributed by atoms with Crippen LogP contribution in [0.1, 0.15) is 58.8 Å². The Kier molecular flexibility index (Phi) is 4.21.